The molecule has 3 N–H and O–H groups in total. The van der Waals surface area contributed by atoms with Crippen LogP contribution in [-0.4, -0.2) is 26.5 Å². The van der Waals surface area contributed by atoms with Crippen LogP contribution in [0.3, 0.4) is 0 Å². The highest BCUT2D eigenvalue weighted by atomic mass is 35.5. The highest BCUT2D eigenvalue weighted by molar-refractivity contribution is 7.99. The molecule has 1 aromatic carbocycles. The van der Waals surface area contributed by atoms with Gasteiger partial charge in [0.1, 0.15) is 0 Å². The standard InChI is InChI=1S/C16H19Cl2N5OS/c17-12-7-6-11(8-13(12)18)20-14(24)9-25-16-22-21-15(23(16)19)10-4-2-1-3-5-10/h6-8,10H,1-5,9,19H2,(H,20,24). The molecule has 1 aromatic heterocycles. The number of rotatable bonds is 5. The summed E-state index contributed by atoms with van der Waals surface area (Å²) < 4.78 is 1.52. The molecule has 0 bridgehead atoms. The van der Waals surface area contributed by atoms with Crippen LogP contribution in [0, 0.1) is 0 Å². The molecule has 1 fully saturated rings. The van der Waals surface area contributed by atoms with Gasteiger partial charge < -0.3 is 11.2 Å². The van der Waals surface area contributed by atoms with E-state index >= 15 is 0 Å². The van der Waals surface area contributed by atoms with Gasteiger partial charge in [-0.15, -0.1) is 10.2 Å². The van der Waals surface area contributed by atoms with Gasteiger partial charge in [0.15, 0.2) is 5.82 Å². The van der Waals surface area contributed by atoms with Crippen molar-refractivity contribution in [2.75, 3.05) is 16.9 Å². The second-order valence-electron chi connectivity index (χ2n) is 6.01. The summed E-state index contributed by atoms with van der Waals surface area (Å²) in [7, 11) is 0. The van der Waals surface area contributed by atoms with E-state index in [2.05, 4.69) is 15.5 Å². The molecule has 1 aliphatic rings. The first-order valence-corrected chi connectivity index (χ1v) is 9.87. The highest BCUT2D eigenvalue weighted by Gasteiger charge is 2.22. The molecule has 1 heterocycles. The van der Waals surface area contributed by atoms with Gasteiger partial charge >= 0.3 is 0 Å². The summed E-state index contributed by atoms with van der Waals surface area (Å²) in [5, 5.41) is 12.5. The van der Waals surface area contributed by atoms with Crippen LogP contribution in [0.4, 0.5) is 5.69 Å². The summed E-state index contributed by atoms with van der Waals surface area (Å²) in [5.74, 6) is 7.30. The molecule has 1 saturated carbocycles. The van der Waals surface area contributed by atoms with Crippen LogP contribution in [0.5, 0.6) is 0 Å². The zero-order chi connectivity index (χ0) is 17.8. The van der Waals surface area contributed by atoms with E-state index < -0.39 is 0 Å². The molecule has 3 rings (SSSR count). The van der Waals surface area contributed by atoms with Crippen LogP contribution >= 0.6 is 35.0 Å². The van der Waals surface area contributed by atoms with Gasteiger partial charge in [0.2, 0.25) is 11.1 Å². The number of benzene rings is 1. The van der Waals surface area contributed by atoms with Crippen molar-refractivity contribution in [2.24, 2.45) is 0 Å². The lowest BCUT2D eigenvalue weighted by Crippen LogP contribution is -2.19. The van der Waals surface area contributed by atoms with E-state index in [4.69, 9.17) is 29.0 Å². The average Bonchev–Trinajstić information content (AvgIpc) is 2.98. The van der Waals surface area contributed by atoms with E-state index in [1.165, 1.54) is 35.7 Å². The predicted molar refractivity (Wildman–Crippen MR) is 102 cm³/mol. The Labute approximate surface area is 160 Å². The number of carbonyl (C=O) groups excluding carboxylic acids is 1. The molecule has 0 spiro atoms. The van der Waals surface area contributed by atoms with Crippen molar-refractivity contribution in [3.63, 3.8) is 0 Å². The molecule has 0 aliphatic heterocycles. The summed E-state index contributed by atoms with van der Waals surface area (Å²) in [6.07, 6.45) is 5.86. The Bertz CT molecular complexity index is 761. The minimum absolute atomic E-state index is 0.175. The SMILES string of the molecule is Nn1c(SCC(=O)Nc2ccc(Cl)c(Cl)c2)nnc1C1CCCCC1. The number of nitrogens with two attached hydrogens (primary N) is 1. The van der Waals surface area contributed by atoms with E-state index in [1.54, 1.807) is 18.2 Å². The molecule has 1 aliphatic carbocycles. The zero-order valence-corrected chi connectivity index (χ0v) is 15.9. The van der Waals surface area contributed by atoms with Gasteiger partial charge in [-0.2, -0.15) is 0 Å². The molecular formula is C16H19Cl2N5OS. The van der Waals surface area contributed by atoms with Gasteiger partial charge in [0.05, 0.1) is 15.8 Å². The second kappa shape index (κ2) is 8.29. The largest absolute Gasteiger partial charge is 0.336 e. The molecular weight excluding hydrogens is 381 g/mol. The highest BCUT2D eigenvalue weighted by Crippen LogP contribution is 2.32. The fraction of sp³-hybridized carbons (Fsp3) is 0.438. The van der Waals surface area contributed by atoms with E-state index in [-0.39, 0.29) is 11.7 Å². The summed E-state index contributed by atoms with van der Waals surface area (Å²) >= 11 is 13.1. The normalized spacial score (nSPS) is 15.3. The predicted octanol–water partition coefficient (Wildman–Crippen LogP) is 4.08. The van der Waals surface area contributed by atoms with Crippen molar-refractivity contribution >= 4 is 46.6 Å². The van der Waals surface area contributed by atoms with Gasteiger partial charge in [0, 0.05) is 11.6 Å². The van der Waals surface area contributed by atoms with Gasteiger partial charge in [-0.1, -0.05) is 54.2 Å². The van der Waals surface area contributed by atoms with Crippen LogP contribution in [-0.2, 0) is 4.79 Å². The van der Waals surface area contributed by atoms with Gasteiger partial charge in [-0.25, -0.2) is 4.68 Å². The number of carbonyl (C=O) groups is 1. The van der Waals surface area contributed by atoms with Crippen molar-refractivity contribution in [3.05, 3.63) is 34.1 Å². The number of anilines is 1. The second-order valence-corrected chi connectivity index (χ2v) is 7.77. The van der Waals surface area contributed by atoms with Crippen LogP contribution in [0.2, 0.25) is 10.0 Å². The van der Waals surface area contributed by atoms with E-state index in [0.717, 1.165) is 18.7 Å². The summed E-state index contributed by atoms with van der Waals surface area (Å²) in [6.45, 7) is 0. The van der Waals surface area contributed by atoms with Crippen LogP contribution in [0.15, 0.2) is 23.4 Å². The number of nitrogens with one attached hydrogen (secondary N) is 1. The molecule has 0 unspecified atom stereocenters. The van der Waals surface area contributed by atoms with Crippen LogP contribution in [0.1, 0.15) is 43.8 Å². The molecule has 0 atom stereocenters. The molecule has 25 heavy (non-hydrogen) atoms. The monoisotopic (exact) mass is 399 g/mol. The Hall–Kier alpha value is -1.44. The number of nitrogens with zero attached hydrogens (tertiary/aromatic N) is 3. The molecule has 0 radical (unpaired) electrons. The Balaban J connectivity index is 1.56. The van der Waals surface area contributed by atoms with Crippen molar-refractivity contribution < 1.29 is 4.79 Å². The van der Waals surface area contributed by atoms with E-state index in [0.29, 0.717) is 26.8 Å². The lowest BCUT2D eigenvalue weighted by Gasteiger charge is -2.20. The zero-order valence-electron chi connectivity index (χ0n) is 13.5. The number of hydrogen-bond donors (Lipinski definition) is 2. The summed E-state index contributed by atoms with van der Waals surface area (Å²) in [6, 6.07) is 4.95. The van der Waals surface area contributed by atoms with Crippen LogP contribution < -0.4 is 11.2 Å². The summed E-state index contributed by atoms with van der Waals surface area (Å²) in [5.41, 5.74) is 0.595. The third-order valence-corrected chi connectivity index (χ3v) is 5.88. The van der Waals surface area contributed by atoms with E-state index in [9.17, 15) is 4.79 Å². The maximum Gasteiger partial charge on any atom is 0.234 e. The smallest absolute Gasteiger partial charge is 0.234 e. The third kappa shape index (κ3) is 4.59. The van der Waals surface area contributed by atoms with E-state index in [1.807, 2.05) is 0 Å². The first-order chi connectivity index (χ1) is 12.0. The quantitative estimate of drug-likeness (QED) is 0.584. The number of thioether (sulfide) groups is 1. The first kappa shape index (κ1) is 18.4. The molecule has 9 heteroatoms. The Morgan fingerprint density at radius 1 is 1.24 bits per heavy atom. The Kier molecular flexibility index (Phi) is 6.09. The maximum absolute atomic E-state index is 12.1. The molecule has 0 saturated heterocycles. The molecule has 2 aromatic rings. The minimum atomic E-state index is -0.175. The Morgan fingerprint density at radius 3 is 2.72 bits per heavy atom. The fourth-order valence-corrected chi connectivity index (χ4v) is 3.89. The Morgan fingerprint density at radius 2 is 2.00 bits per heavy atom. The molecule has 6 nitrogen and oxygen atoms in total. The maximum atomic E-state index is 12.1. The summed E-state index contributed by atoms with van der Waals surface area (Å²) in [4.78, 5) is 12.1. The lowest BCUT2D eigenvalue weighted by molar-refractivity contribution is -0.113. The first-order valence-electron chi connectivity index (χ1n) is 8.12. The number of nitrogen functional groups attached to an aromatic ring is 1. The number of hydrogen-bond acceptors (Lipinski definition) is 5. The number of amides is 1. The van der Waals surface area contributed by atoms with Gasteiger partial charge in [-0.3, -0.25) is 4.79 Å². The van der Waals surface area contributed by atoms with Crippen LogP contribution in [0.25, 0.3) is 0 Å². The topological polar surface area (TPSA) is 85.8 Å². The number of halogens is 2. The number of aromatic nitrogens is 3. The minimum Gasteiger partial charge on any atom is -0.336 e. The van der Waals surface area contributed by atoms with Crippen molar-refractivity contribution in [2.45, 2.75) is 43.2 Å². The average molecular weight is 400 g/mol. The third-order valence-electron chi connectivity index (χ3n) is 4.20. The molecule has 134 valence electrons. The fourth-order valence-electron chi connectivity index (χ4n) is 2.93. The molecule has 1 amide bonds. The lowest BCUT2D eigenvalue weighted by atomic mass is 9.89. The van der Waals surface area contributed by atoms with Gasteiger partial charge in [-0.05, 0) is 31.0 Å². The van der Waals surface area contributed by atoms with Gasteiger partial charge in [0.25, 0.3) is 0 Å². The van der Waals surface area contributed by atoms with Crippen molar-refractivity contribution in [1.29, 1.82) is 0 Å². The van der Waals surface area contributed by atoms with Crippen molar-refractivity contribution in [1.82, 2.24) is 14.9 Å². The van der Waals surface area contributed by atoms with Crippen molar-refractivity contribution in [3.8, 4) is 0 Å².